The van der Waals surface area contributed by atoms with E-state index in [9.17, 15) is 29.8 Å². The monoisotopic (exact) mass is 470 g/mol. The fourth-order valence-corrected chi connectivity index (χ4v) is 2.81. The fourth-order valence-electron chi connectivity index (χ4n) is 2.81. The molecule has 3 rings (SSSR count). The van der Waals surface area contributed by atoms with Crippen molar-refractivity contribution < 1.29 is 28.9 Å². The van der Waals surface area contributed by atoms with Crippen LogP contribution in [0.1, 0.15) is 13.8 Å². The van der Waals surface area contributed by atoms with Gasteiger partial charge in [0.2, 0.25) is 0 Å². The number of ether oxygens (including phenoxy) is 2. The second kappa shape index (κ2) is 10.2. The molecule has 176 valence electrons. The molecule has 0 N–H and O–H groups in total. The van der Waals surface area contributed by atoms with Gasteiger partial charge >= 0.3 is 11.9 Å². The van der Waals surface area contributed by atoms with Crippen molar-refractivity contribution >= 4 is 46.4 Å². The zero-order chi connectivity index (χ0) is 24.8. The van der Waals surface area contributed by atoms with Crippen LogP contribution in [0.2, 0.25) is 0 Å². The molecule has 1 aliphatic heterocycles. The van der Waals surface area contributed by atoms with Gasteiger partial charge in [-0.2, -0.15) is 0 Å². The average molecular weight is 470 g/mol. The number of carbonyl (C=O) groups excluding carboxylic acids is 2. The molecule has 1 heterocycles. The molecule has 2 aromatic rings. The summed E-state index contributed by atoms with van der Waals surface area (Å²) in [7, 11) is 0. The lowest BCUT2D eigenvalue weighted by Crippen LogP contribution is -2.47. The van der Waals surface area contributed by atoms with Gasteiger partial charge in [0, 0.05) is 24.3 Å². The fraction of sp³-hybridized carbons (Fsp3) is 0.200. The minimum atomic E-state index is -0.889. The van der Waals surface area contributed by atoms with Gasteiger partial charge in [0.1, 0.15) is 0 Å². The van der Waals surface area contributed by atoms with E-state index >= 15 is 0 Å². The first-order valence-electron chi connectivity index (χ1n) is 9.87. The lowest BCUT2D eigenvalue weighted by atomic mass is 10.2. The Morgan fingerprint density at radius 1 is 0.735 bits per heavy atom. The standard InChI is InChI=1S/C20H18N6O8/c1-3-33-19(27)17-21-24(14-7-11-16(12-8-14)26(31)32)18(20(28)34-4-2)22-23(17)13-5-9-15(10-6-13)25(29)30/h5-12H,3-4H2,1-2H3. The number of hydrogen-bond donors (Lipinski definition) is 0. The van der Waals surface area contributed by atoms with Gasteiger partial charge in [0.25, 0.3) is 23.0 Å². The molecule has 0 unspecified atom stereocenters. The third kappa shape index (κ3) is 4.95. The highest BCUT2D eigenvalue weighted by Gasteiger charge is 2.35. The number of nitro benzene ring substituents is 2. The van der Waals surface area contributed by atoms with Crippen LogP contribution < -0.4 is 10.0 Å². The van der Waals surface area contributed by atoms with E-state index in [1.165, 1.54) is 48.5 Å². The maximum Gasteiger partial charge on any atom is 0.378 e. The molecule has 0 spiro atoms. The Balaban J connectivity index is 2.14. The second-order valence-electron chi connectivity index (χ2n) is 6.46. The number of amidine groups is 2. The third-order valence-corrected chi connectivity index (χ3v) is 4.32. The molecular formula is C20H18N6O8. The Morgan fingerprint density at radius 2 is 1.06 bits per heavy atom. The lowest BCUT2D eigenvalue weighted by molar-refractivity contribution is -0.385. The van der Waals surface area contributed by atoms with Crippen molar-refractivity contribution in [2.75, 3.05) is 23.2 Å². The molecular weight excluding hydrogens is 452 g/mol. The summed E-state index contributed by atoms with van der Waals surface area (Å²) >= 11 is 0. The molecule has 2 aromatic carbocycles. The number of nitrogens with zero attached hydrogens (tertiary/aromatic N) is 6. The lowest BCUT2D eigenvalue weighted by Gasteiger charge is -2.29. The van der Waals surface area contributed by atoms with Crippen LogP contribution in [0.4, 0.5) is 22.7 Å². The number of non-ortho nitro benzene ring substituents is 2. The molecule has 0 radical (unpaired) electrons. The van der Waals surface area contributed by atoms with Crippen LogP contribution in [0.25, 0.3) is 0 Å². The van der Waals surface area contributed by atoms with E-state index in [0.717, 1.165) is 10.0 Å². The highest BCUT2D eigenvalue weighted by Crippen LogP contribution is 2.27. The first-order chi connectivity index (χ1) is 16.3. The molecule has 34 heavy (non-hydrogen) atoms. The molecule has 1 aliphatic rings. The molecule has 0 amide bonds. The Kier molecular flexibility index (Phi) is 7.10. The zero-order valence-corrected chi connectivity index (χ0v) is 18.0. The number of nitro groups is 2. The normalized spacial score (nSPS) is 13.0. The van der Waals surface area contributed by atoms with Crippen LogP contribution in [-0.2, 0) is 19.1 Å². The summed E-state index contributed by atoms with van der Waals surface area (Å²) in [4.78, 5) is 46.1. The van der Waals surface area contributed by atoms with Crippen molar-refractivity contribution in [3.05, 3.63) is 68.8 Å². The summed E-state index contributed by atoms with van der Waals surface area (Å²) < 4.78 is 10.1. The van der Waals surface area contributed by atoms with Gasteiger partial charge < -0.3 is 9.47 Å². The van der Waals surface area contributed by atoms with Gasteiger partial charge in [0.15, 0.2) is 0 Å². The Labute approximate surface area is 192 Å². The van der Waals surface area contributed by atoms with Crippen LogP contribution in [0.3, 0.4) is 0 Å². The van der Waals surface area contributed by atoms with Crippen LogP contribution in [0.15, 0.2) is 58.7 Å². The third-order valence-electron chi connectivity index (χ3n) is 4.32. The summed E-state index contributed by atoms with van der Waals surface area (Å²) in [6, 6.07) is 10.1. The summed E-state index contributed by atoms with van der Waals surface area (Å²) in [5.74, 6) is -2.50. The Bertz CT molecular complexity index is 1080. The number of hydrazone groups is 2. The predicted octanol–water partition coefficient (Wildman–Crippen LogP) is 2.58. The number of esters is 2. The Morgan fingerprint density at radius 3 is 1.32 bits per heavy atom. The van der Waals surface area contributed by atoms with Gasteiger partial charge in [-0.05, 0) is 38.1 Å². The van der Waals surface area contributed by atoms with Crippen LogP contribution in [0, 0.1) is 20.2 Å². The topological polar surface area (TPSA) is 170 Å². The van der Waals surface area contributed by atoms with Crippen molar-refractivity contribution in [2.45, 2.75) is 13.8 Å². The van der Waals surface area contributed by atoms with E-state index in [2.05, 4.69) is 10.2 Å². The summed E-state index contributed by atoms with van der Waals surface area (Å²) in [5, 5.41) is 32.4. The van der Waals surface area contributed by atoms with Crippen molar-refractivity contribution in [3.8, 4) is 0 Å². The van der Waals surface area contributed by atoms with Crippen molar-refractivity contribution in [2.24, 2.45) is 10.2 Å². The smallest absolute Gasteiger partial charge is 0.378 e. The quantitative estimate of drug-likeness (QED) is 0.317. The van der Waals surface area contributed by atoms with Gasteiger partial charge in [-0.25, -0.2) is 19.6 Å². The van der Waals surface area contributed by atoms with Crippen molar-refractivity contribution in [1.29, 1.82) is 0 Å². The number of rotatable bonds is 8. The van der Waals surface area contributed by atoms with E-state index in [1.807, 2.05) is 0 Å². The number of carbonyl (C=O) groups is 2. The van der Waals surface area contributed by atoms with E-state index in [4.69, 9.17) is 9.47 Å². The Hall–Kier alpha value is -4.88. The molecule has 14 nitrogen and oxygen atoms in total. The van der Waals surface area contributed by atoms with E-state index < -0.39 is 21.8 Å². The number of hydrogen-bond acceptors (Lipinski definition) is 12. The molecule has 0 fully saturated rings. The van der Waals surface area contributed by atoms with E-state index in [1.54, 1.807) is 13.8 Å². The first-order valence-corrected chi connectivity index (χ1v) is 9.87. The molecule has 0 aromatic heterocycles. The SMILES string of the molecule is CCOC(=O)C1=NN(c2ccc([N+](=O)[O-])cc2)C(C(=O)OCC)=NN1c1ccc([N+](=O)[O-])cc1. The second-order valence-corrected chi connectivity index (χ2v) is 6.46. The summed E-state index contributed by atoms with van der Waals surface area (Å²) in [6.45, 7) is 3.19. The molecule has 0 saturated carbocycles. The van der Waals surface area contributed by atoms with E-state index in [-0.39, 0.29) is 47.6 Å². The van der Waals surface area contributed by atoms with Crippen LogP contribution in [0.5, 0.6) is 0 Å². The summed E-state index contributed by atoms with van der Waals surface area (Å²) in [5.41, 5.74) is -0.0277. The largest absolute Gasteiger partial charge is 0.460 e. The number of benzene rings is 2. The number of anilines is 2. The summed E-state index contributed by atoms with van der Waals surface area (Å²) in [6.07, 6.45) is 0. The van der Waals surface area contributed by atoms with Gasteiger partial charge in [-0.1, -0.05) is 0 Å². The van der Waals surface area contributed by atoms with Gasteiger partial charge in [-0.3, -0.25) is 20.2 Å². The maximum absolute atomic E-state index is 12.7. The van der Waals surface area contributed by atoms with Crippen molar-refractivity contribution in [1.82, 2.24) is 0 Å². The first kappa shape index (κ1) is 23.8. The molecule has 0 atom stereocenters. The highest BCUT2D eigenvalue weighted by molar-refractivity contribution is 6.47. The minimum Gasteiger partial charge on any atom is -0.460 e. The minimum absolute atomic E-state index is 0.0118. The van der Waals surface area contributed by atoms with Crippen molar-refractivity contribution in [3.63, 3.8) is 0 Å². The van der Waals surface area contributed by atoms with E-state index in [0.29, 0.717) is 0 Å². The molecule has 14 heteroatoms. The molecule has 0 aliphatic carbocycles. The molecule has 0 bridgehead atoms. The highest BCUT2D eigenvalue weighted by atomic mass is 16.6. The van der Waals surface area contributed by atoms with Gasteiger partial charge in [-0.15, -0.1) is 10.2 Å². The molecule has 0 saturated heterocycles. The van der Waals surface area contributed by atoms with Crippen LogP contribution in [-0.4, -0.2) is 46.7 Å². The predicted molar refractivity (Wildman–Crippen MR) is 119 cm³/mol. The maximum atomic E-state index is 12.7. The zero-order valence-electron chi connectivity index (χ0n) is 18.0. The average Bonchev–Trinajstić information content (AvgIpc) is 2.83. The van der Waals surface area contributed by atoms with Gasteiger partial charge in [0.05, 0.1) is 34.4 Å². The van der Waals surface area contributed by atoms with Crippen LogP contribution >= 0.6 is 0 Å².